The minimum Gasteiger partial charge on any atom is -0.478 e. The Kier molecular flexibility index (Phi) is 10.9. The Hall–Kier alpha value is -2.42. The molecule has 2 N–H and O–H groups in total. The summed E-state index contributed by atoms with van der Waals surface area (Å²) in [7, 11) is -2.24. The van der Waals surface area contributed by atoms with Gasteiger partial charge in [-0.2, -0.15) is 0 Å². The fraction of sp³-hybridized carbons (Fsp3) is 0.552. The van der Waals surface area contributed by atoms with Crippen molar-refractivity contribution in [3.63, 3.8) is 0 Å². The Morgan fingerprint density at radius 1 is 1.03 bits per heavy atom. The summed E-state index contributed by atoms with van der Waals surface area (Å²) in [5.41, 5.74) is 1.57. The van der Waals surface area contributed by atoms with Gasteiger partial charge in [0.25, 0.3) is 0 Å². The predicted molar refractivity (Wildman–Crippen MR) is 154 cm³/mol. The molecule has 1 heterocycles. The number of carboxylic acid groups (broad SMARTS) is 1. The molecule has 0 aliphatic heterocycles. The highest BCUT2D eigenvalue weighted by molar-refractivity contribution is 6.74. The van der Waals surface area contributed by atoms with E-state index in [2.05, 4.69) is 44.2 Å². The van der Waals surface area contributed by atoms with Gasteiger partial charge in [-0.05, 0) is 81.9 Å². The van der Waals surface area contributed by atoms with Crippen LogP contribution in [-0.2, 0) is 15.6 Å². The lowest BCUT2D eigenvalue weighted by atomic mass is 9.97. The van der Waals surface area contributed by atoms with Crippen molar-refractivity contribution in [2.24, 2.45) is 0 Å². The number of carbonyl (C=O) groups is 2. The number of halogens is 1. The van der Waals surface area contributed by atoms with Crippen molar-refractivity contribution in [3.05, 3.63) is 64.4 Å². The molecule has 2 atom stereocenters. The average molecular weight is 563 g/mol. The molecular weight excluding hydrogens is 520 g/mol. The first-order valence-electron chi connectivity index (χ1n) is 13.1. The van der Waals surface area contributed by atoms with Crippen LogP contribution in [0.15, 0.2) is 42.6 Å². The van der Waals surface area contributed by atoms with Crippen molar-refractivity contribution in [3.8, 4) is 0 Å². The van der Waals surface area contributed by atoms with Gasteiger partial charge in [-0.1, -0.05) is 57.0 Å². The number of nitrogens with zero attached hydrogens (tertiary/aromatic N) is 1. The summed E-state index contributed by atoms with van der Waals surface area (Å²) in [6.07, 6.45) is 3.95. The number of carboxylic acids is 1. The largest absolute Gasteiger partial charge is 0.478 e. The van der Waals surface area contributed by atoms with E-state index >= 15 is 0 Å². The van der Waals surface area contributed by atoms with Crippen LogP contribution in [0.1, 0.15) is 88.4 Å². The second kappa shape index (κ2) is 13.1. The first-order valence-corrected chi connectivity index (χ1v) is 16.4. The maximum absolute atomic E-state index is 12.9. The van der Waals surface area contributed by atoms with Gasteiger partial charge in [-0.3, -0.25) is 0 Å². The van der Waals surface area contributed by atoms with Crippen LogP contribution in [0.3, 0.4) is 0 Å². The van der Waals surface area contributed by atoms with Crippen LogP contribution in [0.5, 0.6) is 0 Å². The van der Waals surface area contributed by atoms with Crippen molar-refractivity contribution in [2.75, 3.05) is 0 Å². The number of ether oxygens (including phenoxy) is 1. The molecule has 0 saturated carbocycles. The molecule has 210 valence electrons. The lowest BCUT2D eigenvalue weighted by molar-refractivity contribution is 0.0422. The Balaban J connectivity index is 2.27. The second-order valence-corrected chi connectivity index (χ2v) is 17.4. The fourth-order valence-corrected chi connectivity index (χ4v) is 5.10. The SMILES string of the molecule is CC(C)(C)OC(=O)N[C@H](CCCCc1ccc(C(=O)O)cc1)[C@H](O[Si](C)(C)C(C)(C)C)c1ccc(Cl)nc1. The number of pyridine rings is 1. The lowest BCUT2D eigenvalue weighted by Crippen LogP contribution is -2.48. The van der Waals surface area contributed by atoms with Crippen LogP contribution in [0, 0.1) is 0 Å². The average Bonchev–Trinajstić information content (AvgIpc) is 2.78. The molecule has 2 rings (SSSR count). The molecule has 0 saturated heterocycles. The highest BCUT2D eigenvalue weighted by Gasteiger charge is 2.41. The number of aromatic nitrogens is 1. The number of benzene rings is 1. The molecule has 1 amide bonds. The van der Waals surface area contributed by atoms with Gasteiger partial charge >= 0.3 is 12.1 Å². The number of nitrogens with one attached hydrogen (secondary N) is 1. The number of hydrogen-bond acceptors (Lipinski definition) is 5. The number of amides is 1. The van der Waals surface area contributed by atoms with Crippen LogP contribution in [0.4, 0.5) is 4.79 Å². The zero-order valence-corrected chi connectivity index (χ0v) is 25.7. The zero-order chi connectivity index (χ0) is 28.7. The fourth-order valence-electron chi connectivity index (χ4n) is 3.70. The monoisotopic (exact) mass is 562 g/mol. The number of carbonyl (C=O) groups excluding carboxylic acids is 1. The van der Waals surface area contributed by atoms with E-state index in [0.717, 1.165) is 30.4 Å². The third kappa shape index (κ3) is 10.0. The topological polar surface area (TPSA) is 97.8 Å². The number of hydrogen-bond donors (Lipinski definition) is 2. The van der Waals surface area contributed by atoms with Gasteiger partial charge in [0.15, 0.2) is 8.32 Å². The van der Waals surface area contributed by atoms with Gasteiger partial charge in [0, 0.05) is 11.8 Å². The molecule has 1 aromatic heterocycles. The van der Waals surface area contributed by atoms with E-state index in [1.54, 1.807) is 24.4 Å². The molecule has 0 bridgehead atoms. The molecule has 2 aromatic rings. The normalized spacial score (nSPS) is 14.0. The van der Waals surface area contributed by atoms with Gasteiger partial charge in [-0.15, -0.1) is 0 Å². The highest BCUT2D eigenvalue weighted by atomic mass is 35.5. The van der Waals surface area contributed by atoms with E-state index in [4.69, 9.17) is 25.9 Å². The minimum absolute atomic E-state index is 0.0380. The summed E-state index contributed by atoms with van der Waals surface area (Å²) in [5.74, 6) is -0.933. The second-order valence-electron chi connectivity index (χ2n) is 12.2. The number of aromatic carboxylic acids is 1. The van der Waals surface area contributed by atoms with Crippen molar-refractivity contribution in [1.29, 1.82) is 0 Å². The summed E-state index contributed by atoms with van der Waals surface area (Å²) in [4.78, 5) is 28.3. The highest BCUT2D eigenvalue weighted by Crippen LogP contribution is 2.41. The molecule has 7 nitrogen and oxygen atoms in total. The molecule has 0 aliphatic rings. The lowest BCUT2D eigenvalue weighted by Gasteiger charge is -2.41. The number of alkyl carbamates (subject to hydrolysis) is 1. The maximum Gasteiger partial charge on any atom is 0.407 e. The minimum atomic E-state index is -2.24. The maximum atomic E-state index is 12.9. The first kappa shape index (κ1) is 31.8. The molecule has 0 aliphatic carbocycles. The van der Waals surface area contributed by atoms with E-state index < -0.39 is 32.1 Å². The summed E-state index contributed by atoms with van der Waals surface area (Å²) in [6, 6.07) is 10.2. The van der Waals surface area contributed by atoms with Gasteiger partial charge in [0.2, 0.25) is 0 Å². The van der Waals surface area contributed by atoms with E-state index in [9.17, 15) is 9.59 Å². The van der Waals surface area contributed by atoms with Crippen LogP contribution in [0.2, 0.25) is 23.3 Å². The van der Waals surface area contributed by atoms with Crippen LogP contribution >= 0.6 is 11.6 Å². The smallest absolute Gasteiger partial charge is 0.407 e. The number of unbranched alkanes of at least 4 members (excludes halogenated alkanes) is 1. The Labute approximate surface area is 233 Å². The standard InChI is InChI=1S/C29H43ClN2O5Si/c1-28(2,3)36-27(35)32-23(12-10-9-11-20-13-15-21(16-14-20)26(33)34)25(22-17-18-24(30)31-19-22)37-38(7,8)29(4,5)6/h13-19,23,25H,9-12H2,1-8H3,(H,32,35)(H,33,34)/t23-,25-/m1/s1. The molecule has 1 aromatic carbocycles. The van der Waals surface area contributed by atoms with Gasteiger partial charge in [0.1, 0.15) is 10.8 Å². The van der Waals surface area contributed by atoms with Gasteiger partial charge < -0.3 is 19.6 Å². The molecule has 9 heteroatoms. The predicted octanol–water partition coefficient (Wildman–Crippen LogP) is 7.80. The van der Waals surface area contributed by atoms with E-state index in [1.807, 2.05) is 39.0 Å². The third-order valence-electron chi connectivity index (χ3n) is 6.81. The molecule has 0 spiro atoms. The van der Waals surface area contributed by atoms with E-state index in [-0.39, 0.29) is 16.6 Å². The summed E-state index contributed by atoms with van der Waals surface area (Å²) >= 11 is 6.08. The summed E-state index contributed by atoms with van der Waals surface area (Å²) < 4.78 is 12.5. The molecule has 0 radical (unpaired) electrons. The quantitative estimate of drug-likeness (QED) is 0.165. The third-order valence-corrected chi connectivity index (χ3v) is 11.5. The Morgan fingerprint density at radius 2 is 1.66 bits per heavy atom. The van der Waals surface area contributed by atoms with Crippen molar-refractivity contribution in [1.82, 2.24) is 10.3 Å². The Bertz CT molecular complexity index is 1060. The molecule has 0 fully saturated rings. The summed E-state index contributed by atoms with van der Waals surface area (Å²) in [6.45, 7) is 16.4. The van der Waals surface area contributed by atoms with Crippen molar-refractivity contribution < 1.29 is 23.9 Å². The van der Waals surface area contributed by atoms with Crippen LogP contribution in [-0.4, -0.2) is 42.1 Å². The zero-order valence-electron chi connectivity index (χ0n) is 23.9. The van der Waals surface area contributed by atoms with Crippen molar-refractivity contribution in [2.45, 2.75) is 103 Å². The van der Waals surface area contributed by atoms with Crippen LogP contribution < -0.4 is 5.32 Å². The number of aryl methyl sites for hydroxylation is 1. The van der Waals surface area contributed by atoms with Gasteiger partial charge in [-0.25, -0.2) is 14.6 Å². The number of rotatable bonds is 11. The first-order chi connectivity index (χ1) is 17.5. The van der Waals surface area contributed by atoms with Gasteiger partial charge in [0.05, 0.1) is 17.7 Å². The van der Waals surface area contributed by atoms with E-state index in [0.29, 0.717) is 11.6 Å². The Morgan fingerprint density at radius 3 is 2.16 bits per heavy atom. The molecular formula is C29H43ClN2O5Si. The molecule has 38 heavy (non-hydrogen) atoms. The molecule has 0 unspecified atom stereocenters. The van der Waals surface area contributed by atoms with E-state index in [1.165, 1.54) is 0 Å². The summed E-state index contributed by atoms with van der Waals surface area (Å²) in [5, 5.41) is 12.6. The van der Waals surface area contributed by atoms with Crippen LogP contribution in [0.25, 0.3) is 0 Å². The van der Waals surface area contributed by atoms with Crippen molar-refractivity contribution >= 4 is 32.0 Å².